The standard InChI is InChI=1S/C37H43N9O2/c1-22-39-13-9-32(41-22)43-14-10-24(11-15-43)20-46-34-28(16-27(18-31(34)48-2)37(47)45-21-26-7-8-29(45)33(26)38)42-36(46)30-17-25-4-3-12-40-35(25)44(30)19-23-5-6-23/h3-4,9,12-13,16-18,23-24,26,29,33H,5-8,10-11,14-15,19-21,38H2,1-2H3/t26?,29?,33-/m1/s1. The van der Waals surface area contributed by atoms with E-state index in [-0.39, 0.29) is 18.0 Å². The quantitative estimate of drug-likeness (QED) is 0.249. The predicted molar refractivity (Wildman–Crippen MR) is 185 cm³/mol. The van der Waals surface area contributed by atoms with Crippen LogP contribution in [0.5, 0.6) is 5.75 Å². The highest BCUT2D eigenvalue weighted by Crippen LogP contribution is 2.41. The van der Waals surface area contributed by atoms with Gasteiger partial charge in [-0.1, -0.05) is 0 Å². The highest BCUT2D eigenvalue weighted by molar-refractivity contribution is 6.00. The summed E-state index contributed by atoms with van der Waals surface area (Å²) in [6.45, 7) is 6.27. The Balaban J connectivity index is 1.12. The second-order valence-electron chi connectivity index (χ2n) is 14.4. The summed E-state index contributed by atoms with van der Waals surface area (Å²) in [5.41, 5.74) is 10.9. The van der Waals surface area contributed by atoms with E-state index < -0.39 is 0 Å². The van der Waals surface area contributed by atoms with Gasteiger partial charge in [-0.25, -0.2) is 19.9 Å². The van der Waals surface area contributed by atoms with E-state index in [4.69, 9.17) is 20.4 Å². The Morgan fingerprint density at radius 1 is 0.938 bits per heavy atom. The largest absolute Gasteiger partial charge is 0.494 e. The summed E-state index contributed by atoms with van der Waals surface area (Å²) in [4.78, 5) is 37.5. The van der Waals surface area contributed by atoms with Crippen LogP contribution >= 0.6 is 0 Å². The van der Waals surface area contributed by atoms with E-state index in [2.05, 4.69) is 36.1 Å². The van der Waals surface area contributed by atoms with Gasteiger partial charge in [-0.3, -0.25) is 4.79 Å². The number of ether oxygens (including phenoxy) is 1. The third kappa shape index (κ3) is 5.01. The molecule has 3 atom stereocenters. The number of rotatable bonds is 8. The molecule has 9 rings (SSSR count). The van der Waals surface area contributed by atoms with Gasteiger partial charge in [0.05, 0.1) is 18.3 Å². The third-order valence-corrected chi connectivity index (χ3v) is 11.4. The van der Waals surface area contributed by atoms with E-state index in [0.29, 0.717) is 29.1 Å². The van der Waals surface area contributed by atoms with E-state index in [0.717, 1.165) is 104 Å². The summed E-state index contributed by atoms with van der Waals surface area (Å²) < 4.78 is 10.8. The van der Waals surface area contributed by atoms with Gasteiger partial charge in [-0.15, -0.1) is 0 Å². The molecule has 1 amide bonds. The average molecular weight is 646 g/mol. The zero-order valence-corrected chi connectivity index (χ0v) is 27.8. The van der Waals surface area contributed by atoms with Crippen molar-refractivity contribution in [3.05, 3.63) is 60.2 Å². The van der Waals surface area contributed by atoms with E-state index in [9.17, 15) is 4.79 Å². The maximum Gasteiger partial charge on any atom is 0.254 e. The first-order valence-corrected chi connectivity index (χ1v) is 17.6. The SMILES string of the molecule is COc1cc(C(=O)N2CC3CCC2[C@@H]3N)cc2nc(-c3cc4cccnc4n3CC3CC3)n(CC3CCN(c4ccnc(C)n4)CC3)c12. The molecule has 1 aromatic carbocycles. The molecular formula is C37H43N9O2. The zero-order chi connectivity index (χ0) is 32.5. The summed E-state index contributed by atoms with van der Waals surface area (Å²) in [7, 11) is 1.70. The van der Waals surface area contributed by atoms with Gasteiger partial charge in [0.1, 0.15) is 28.6 Å². The molecule has 2 bridgehead atoms. The minimum absolute atomic E-state index is 0.0216. The fraction of sp³-hybridized carbons (Fsp3) is 0.486. The first-order chi connectivity index (χ1) is 23.4. The van der Waals surface area contributed by atoms with Crippen molar-refractivity contribution in [1.29, 1.82) is 0 Å². The molecule has 2 saturated carbocycles. The number of anilines is 1. The predicted octanol–water partition coefficient (Wildman–Crippen LogP) is 5.05. The number of aromatic nitrogens is 6. The summed E-state index contributed by atoms with van der Waals surface area (Å²) in [6.07, 6.45) is 10.4. The molecule has 6 heterocycles. The minimum Gasteiger partial charge on any atom is -0.494 e. The van der Waals surface area contributed by atoms with Crippen molar-refractivity contribution < 1.29 is 9.53 Å². The lowest BCUT2D eigenvalue weighted by atomic mass is 9.96. The molecular weight excluding hydrogens is 602 g/mol. The molecule has 4 aromatic heterocycles. The minimum atomic E-state index is 0.0216. The summed E-state index contributed by atoms with van der Waals surface area (Å²) in [6, 6.07) is 12.5. The summed E-state index contributed by atoms with van der Waals surface area (Å²) in [5.74, 6) is 4.89. The number of aryl methyl sites for hydroxylation is 1. The first kappa shape index (κ1) is 29.6. The van der Waals surface area contributed by atoms with Gasteiger partial charge in [0.2, 0.25) is 0 Å². The fourth-order valence-corrected chi connectivity index (χ4v) is 8.57. The maximum absolute atomic E-state index is 14.0. The summed E-state index contributed by atoms with van der Waals surface area (Å²) in [5, 5.41) is 1.11. The topological polar surface area (TPSA) is 120 Å². The second-order valence-corrected chi connectivity index (χ2v) is 14.4. The van der Waals surface area contributed by atoms with Gasteiger partial charge in [-0.05, 0) is 99.6 Å². The number of fused-ring (bicyclic) bond motifs is 4. The van der Waals surface area contributed by atoms with E-state index in [1.807, 2.05) is 48.5 Å². The Labute approximate surface area is 280 Å². The number of methoxy groups -OCH3 is 1. The van der Waals surface area contributed by atoms with Crippen molar-refractivity contribution >= 4 is 33.8 Å². The number of hydrogen-bond acceptors (Lipinski definition) is 8. The Bertz CT molecular complexity index is 2020. The maximum atomic E-state index is 14.0. The molecule has 5 aromatic rings. The number of likely N-dealkylation sites (tertiary alicyclic amines) is 1. The number of hydrogen-bond donors (Lipinski definition) is 1. The van der Waals surface area contributed by atoms with Gasteiger partial charge in [0, 0.05) is 68.2 Å². The average Bonchev–Trinajstić information content (AvgIpc) is 3.47. The molecule has 0 radical (unpaired) electrons. The van der Waals surface area contributed by atoms with Crippen LogP contribution in [0.1, 0.15) is 54.7 Å². The Kier molecular flexibility index (Phi) is 7.14. The lowest BCUT2D eigenvalue weighted by Crippen LogP contribution is -2.41. The molecule has 4 fully saturated rings. The van der Waals surface area contributed by atoms with Crippen LogP contribution in [0.3, 0.4) is 0 Å². The lowest BCUT2D eigenvalue weighted by Gasteiger charge is -2.33. The van der Waals surface area contributed by atoms with Crippen molar-refractivity contribution in [1.82, 2.24) is 34.0 Å². The van der Waals surface area contributed by atoms with Crippen LogP contribution in [0, 0.1) is 24.7 Å². The number of benzene rings is 1. The normalized spacial score (nSPS) is 22.8. The van der Waals surface area contributed by atoms with Crippen LogP contribution in [0.4, 0.5) is 5.82 Å². The van der Waals surface area contributed by atoms with E-state index in [1.165, 1.54) is 12.8 Å². The van der Waals surface area contributed by atoms with Crippen molar-refractivity contribution in [3.63, 3.8) is 0 Å². The Hall–Kier alpha value is -4.51. The monoisotopic (exact) mass is 645 g/mol. The molecule has 0 spiro atoms. The molecule has 2 aliphatic carbocycles. The second kappa shape index (κ2) is 11.6. The third-order valence-electron chi connectivity index (χ3n) is 11.4. The number of carbonyl (C=O) groups is 1. The molecule has 2 unspecified atom stereocenters. The van der Waals surface area contributed by atoms with Gasteiger partial charge >= 0.3 is 0 Å². The first-order valence-electron chi connectivity index (χ1n) is 17.6. The molecule has 48 heavy (non-hydrogen) atoms. The van der Waals surface area contributed by atoms with E-state index >= 15 is 0 Å². The number of nitrogens with two attached hydrogens (primary N) is 1. The smallest absolute Gasteiger partial charge is 0.254 e. The van der Waals surface area contributed by atoms with Crippen LogP contribution in [0.15, 0.2) is 48.8 Å². The van der Waals surface area contributed by atoms with E-state index in [1.54, 1.807) is 7.11 Å². The van der Waals surface area contributed by atoms with Crippen LogP contribution in [-0.4, -0.2) is 78.7 Å². The van der Waals surface area contributed by atoms with Gasteiger partial charge in [0.15, 0.2) is 5.82 Å². The molecule has 4 aliphatic rings. The van der Waals surface area contributed by atoms with Gasteiger partial charge in [0.25, 0.3) is 5.91 Å². The van der Waals surface area contributed by atoms with Crippen molar-refractivity contribution in [3.8, 4) is 17.3 Å². The van der Waals surface area contributed by atoms with Gasteiger partial charge < -0.3 is 29.4 Å². The zero-order valence-electron chi connectivity index (χ0n) is 27.8. The molecule has 11 nitrogen and oxygen atoms in total. The van der Waals surface area contributed by atoms with Crippen molar-refractivity contribution in [2.45, 2.75) is 70.6 Å². The number of pyridine rings is 1. The van der Waals surface area contributed by atoms with Crippen LogP contribution in [-0.2, 0) is 13.1 Å². The van der Waals surface area contributed by atoms with Crippen LogP contribution in [0.2, 0.25) is 0 Å². The van der Waals surface area contributed by atoms with Crippen molar-refractivity contribution in [2.75, 3.05) is 31.6 Å². The van der Waals surface area contributed by atoms with Gasteiger partial charge in [-0.2, -0.15) is 0 Å². The highest BCUT2D eigenvalue weighted by atomic mass is 16.5. The molecule has 2 saturated heterocycles. The molecule has 2 aliphatic heterocycles. The molecule has 2 N–H and O–H groups in total. The van der Waals surface area contributed by atoms with Crippen molar-refractivity contribution in [2.24, 2.45) is 23.5 Å². The molecule has 248 valence electrons. The number of amides is 1. The van der Waals surface area contributed by atoms with Crippen LogP contribution in [0.25, 0.3) is 33.6 Å². The summed E-state index contributed by atoms with van der Waals surface area (Å²) >= 11 is 0. The highest BCUT2D eigenvalue weighted by Gasteiger charge is 2.47. The Morgan fingerprint density at radius 2 is 1.75 bits per heavy atom. The number of carbonyl (C=O) groups excluding carboxylic acids is 1. The fourth-order valence-electron chi connectivity index (χ4n) is 8.57. The number of nitrogens with zero attached hydrogens (tertiary/aromatic N) is 8. The molecule has 11 heteroatoms. The number of piperidine rings is 2. The Morgan fingerprint density at radius 3 is 2.48 bits per heavy atom. The lowest BCUT2D eigenvalue weighted by molar-refractivity contribution is 0.0700. The van der Waals surface area contributed by atoms with Crippen LogP contribution < -0.4 is 15.4 Å². The number of imidazole rings is 1.